The molecule has 5 nitrogen and oxygen atoms in total. The van der Waals surface area contributed by atoms with E-state index >= 15 is 0 Å². The molecular weight excluding hydrogens is 218 g/mol. The number of esters is 1. The molecule has 0 fully saturated rings. The Hall–Kier alpha value is -2.17. The molecule has 1 aromatic rings. The highest BCUT2D eigenvalue weighted by Gasteiger charge is 2.23. The van der Waals surface area contributed by atoms with Gasteiger partial charge in [0.25, 0.3) is 0 Å². The van der Waals surface area contributed by atoms with Crippen molar-refractivity contribution in [3.8, 4) is 0 Å². The molecule has 0 bridgehead atoms. The van der Waals surface area contributed by atoms with Crippen LogP contribution in [0, 0.1) is 0 Å². The van der Waals surface area contributed by atoms with Crippen molar-refractivity contribution in [3.63, 3.8) is 0 Å². The molecule has 0 unspecified atom stereocenters. The van der Waals surface area contributed by atoms with Gasteiger partial charge in [0, 0.05) is 13.0 Å². The summed E-state index contributed by atoms with van der Waals surface area (Å²) in [4.78, 5) is 15.4. The quantitative estimate of drug-likeness (QED) is 0.633. The van der Waals surface area contributed by atoms with Crippen LogP contribution in [0.1, 0.15) is 6.42 Å². The van der Waals surface area contributed by atoms with Gasteiger partial charge >= 0.3 is 5.97 Å². The number of methoxy groups -OCH3 is 1. The summed E-state index contributed by atoms with van der Waals surface area (Å²) in [6.07, 6.45) is 0.657. The van der Waals surface area contributed by atoms with Gasteiger partial charge in [0.05, 0.1) is 18.5 Å². The number of rotatable bonds is 3. The van der Waals surface area contributed by atoms with Crippen molar-refractivity contribution in [2.45, 2.75) is 6.42 Å². The van der Waals surface area contributed by atoms with Crippen LogP contribution >= 0.6 is 0 Å². The maximum Gasteiger partial charge on any atom is 0.358 e. The Morgan fingerprint density at radius 1 is 1.41 bits per heavy atom. The van der Waals surface area contributed by atoms with E-state index in [-0.39, 0.29) is 0 Å². The summed E-state index contributed by atoms with van der Waals surface area (Å²) >= 11 is 0. The number of carbonyl (C=O) groups excluding carboxylic acids is 1. The highest BCUT2D eigenvalue weighted by molar-refractivity contribution is 6.66. The van der Waals surface area contributed by atoms with Gasteiger partial charge in [-0.25, -0.2) is 4.79 Å². The first-order valence-electron chi connectivity index (χ1n) is 5.32. The van der Waals surface area contributed by atoms with Crippen LogP contribution in [0.25, 0.3) is 0 Å². The van der Waals surface area contributed by atoms with Gasteiger partial charge in [0.2, 0.25) is 0 Å². The van der Waals surface area contributed by atoms with E-state index in [9.17, 15) is 4.79 Å². The van der Waals surface area contributed by atoms with E-state index < -0.39 is 5.97 Å². The Balaban J connectivity index is 2.08. The van der Waals surface area contributed by atoms with Gasteiger partial charge in [-0.05, 0) is 12.1 Å². The van der Waals surface area contributed by atoms with Crippen LogP contribution in [0.3, 0.4) is 0 Å². The van der Waals surface area contributed by atoms with Gasteiger partial charge in [-0.15, -0.1) is 0 Å². The Morgan fingerprint density at radius 2 is 2.18 bits per heavy atom. The fourth-order valence-electron chi connectivity index (χ4n) is 1.52. The molecule has 1 aliphatic heterocycles. The highest BCUT2D eigenvalue weighted by Crippen LogP contribution is 2.08. The molecular formula is C12H13N3O2. The minimum atomic E-state index is -0.434. The summed E-state index contributed by atoms with van der Waals surface area (Å²) in [6, 6.07) is 9.54. The lowest BCUT2D eigenvalue weighted by atomic mass is 10.2. The van der Waals surface area contributed by atoms with Crippen molar-refractivity contribution in [1.82, 2.24) is 0 Å². The lowest BCUT2D eigenvalue weighted by Crippen LogP contribution is -2.22. The van der Waals surface area contributed by atoms with Crippen LogP contribution < -0.4 is 5.43 Å². The molecule has 0 aliphatic carbocycles. The van der Waals surface area contributed by atoms with Gasteiger partial charge in [-0.2, -0.15) is 5.10 Å². The summed E-state index contributed by atoms with van der Waals surface area (Å²) in [6.45, 7) is 0.583. The molecule has 0 saturated heterocycles. The Morgan fingerprint density at radius 3 is 2.88 bits per heavy atom. The molecule has 0 amide bonds. The van der Waals surface area contributed by atoms with Crippen molar-refractivity contribution in [3.05, 3.63) is 30.3 Å². The summed E-state index contributed by atoms with van der Waals surface area (Å²) in [7, 11) is 1.34. The fourth-order valence-corrected chi connectivity index (χ4v) is 1.52. The van der Waals surface area contributed by atoms with Gasteiger partial charge < -0.3 is 4.74 Å². The SMILES string of the molecule is COC(=O)C1=NCCC1=NNc1ccccc1. The normalized spacial score (nSPS) is 16.8. The monoisotopic (exact) mass is 231 g/mol. The van der Waals surface area contributed by atoms with Gasteiger partial charge in [-0.1, -0.05) is 18.2 Å². The van der Waals surface area contributed by atoms with Gasteiger partial charge in [0.1, 0.15) is 0 Å². The molecule has 1 aromatic carbocycles. The molecule has 1 aliphatic rings. The van der Waals surface area contributed by atoms with Gasteiger partial charge in [0.15, 0.2) is 5.71 Å². The summed E-state index contributed by atoms with van der Waals surface area (Å²) in [5.74, 6) is -0.434. The number of anilines is 1. The third-order valence-electron chi connectivity index (χ3n) is 2.36. The summed E-state index contributed by atoms with van der Waals surface area (Å²) in [5.41, 5.74) is 4.72. The van der Waals surface area contributed by atoms with Crippen molar-refractivity contribution in [2.75, 3.05) is 19.1 Å². The van der Waals surface area contributed by atoms with Crippen molar-refractivity contribution >= 4 is 23.1 Å². The zero-order chi connectivity index (χ0) is 12.1. The van der Waals surface area contributed by atoms with E-state index in [0.717, 1.165) is 5.69 Å². The number of hydrogen-bond acceptors (Lipinski definition) is 5. The van der Waals surface area contributed by atoms with Gasteiger partial charge in [-0.3, -0.25) is 10.4 Å². The Bertz CT molecular complexity index is 466. The van der Waals surface area contributed by atoms with Crippen LogP contribution in [0.4, 0.5) is 5.69 Å². The largest absolute Gasteiger partial charge is 0.464 e. The molecule has 0 radical (unpaired) electrons. The number of nitrogens with zero attached hydrogens (tertiary/aromatic N) is 2. The number of nitrogens with one attached hydrogen (secondary N) is 1. The standard InChI is InChI=1S/C12H13N3O2/c1-17-12(16)11-10(7-8-13-11)15-14-9-5-3-2-4-6-9/h2-6,14H,7-8H2,1H3. The smallest absolute Gasteiger partial charge is 0.358 e. The molecule has 2 rings (SSSR count). The first-order valence-corrected chi connectivity index (χ1v) is 5.32. The van der Waals surface area contributed by atoms with Crippen LogP contribution in [0.5, 0.6) is 0 Å². The molecule has 0 aromatic heterocycles. The summed E-state index contributed by atoms with van der Waals surface area (Å²) < 4.78 is 4.64. The molecule has 5 heteroatoms. The maximum absolute atomic E-state index is 11.4. The molecule has 88 valence electrons. The zero-order valence-electron chi connectivity index (χ0n) is 9.51. The minimum Gasteiger partial charge on any atom is -0.464 e. The lowest BCUT2D eigenvalue weighted by molar-refractivity contribution is -0.132. The number of hydrogen-bond donors (Lipinski definition) is 1. The molecule has 1 N–H and O–H groups in total. The Kier molecular flexibility index (Phi) is 3.49. The fraction of sp³-hybridized carbons (Fsp3) is 0.250. The zero-order valence-corrected chi connectivity index (χ0v) is 9.51. The molecule has 17 heavy (non-hydrogen) atoms. The second kappa shape index (κ2) is 5.25. The van der Waals surface area contributed by atoms with Crippen molar-refractivity contribution < 1.29 is 9.53 Å². The van der Waals surface area contributed by atoms with Crippen LogP contribution in [-0.4, -0.2) is 31.0 Å². The average molecular weight is 231 g/mol. The topological polar surface area (TPSA) is 63.0 Å². The molecule has 0 spiro atoms. The minimum absolute atomic E-state index is 0.316. The van der Waals surface area contributed by atoms with E-state index in [1.54, 1.807) is 0 Å². The van der Waals surface area contributed by atoms with Crippen LogP contribution in [0.15, 0.2) is 40.4 Å². The number of hydrazone groups is 1. The van der Waals surface area contributed by atoms with E-state index in [2.05, 4.69) is 20.3 Å². The van der Waals surface area contributed by atoms with Crippen molar-refractivity contribution in [1.29, 1.82) is 0 Å². The first kappa shape index (κ1) is 11.3. The third kappa shape index (κ3) is 2.69. The predicted molar refractivity (Wildman–Crippen MR) is 66.4 cm³/mol. The second-order valence-corrected chi connectivity index (χ2v) is 3.51. The van der Waals surface area contributed by atoms with Crippen molar-refractivity contribution in [2.24, 2.45) is 10.1 Å². The molecule has 0 atom stereocenters. The predicted octanol–water partition coefficient (Wildman–Crippen LogP) is 1.47. The third-order valence-corrected chi connectivity index (χ3v) is 2.36. The number of carbonyl (C=O) groups is 1. The maximum atomic E-state index is 11.4. The number of ether oxygens (including phenoxy) is 1. The number of para-hydroxylation sites is 1. The molecule has 0 saturated carbocycles. The number of benzene rings is 1. The first-order chi connectivity index (χ1) is 8.31. The Labute approximate surface area is 99.2 Å². The molecule has 1 heterocycles. The van der Waals surface area contributed by atoms with E-state index in [0.29, 0.717) is 24.4 Å². The average Bonchev–Trinajstić information content (AvgIpc) is 2.85. The van der Waals surface area contributed by atoms with E-state index in [1.807, 2.05) is 30.3 Å². The second-order valence-electron chi connectivity index (χ2n) is 3.51. The highest BCUT2D eigenvalue weighted by atomic mass is 16.5. The van der Waals surface area contributed by atoms with E-state index in [1.165, 1.54) is 7.11 Å². The number of aliphatic imine (C=N–C) groups is 1. The van der Waals surface area contributed by atoms with E-state index in [4.69, 9.17) is 0 Å². The lowest BCUT2D eigenvalue weighted by Gasteiger charge is -2.03. The van der Waals surface area contributed by atoms with Crippen LogP contribution in [0.2, 0.25) is 0 Å². The summed E-state index contributed by atoms with van der Waals surface area (Å²) in [5, 5.41) is 4.18. The van der Waals surface area contributed by atoms with Crippen LogP contribution in [-0.2, 0) is 9.53 Å².